The minimum Gasteiger partial charge on any atom is -0.256 e. The second-order valence-electron chi connectivity index (χ2n) is 3.73. The Morgan fingerprint density at radius 3 is 2.35 bits per heavy atom. The van der Waals surface area contributed by atoms with Gasteiger partial charge < -0.3 is 0 Å². The Bertz CT molecular complexity index is 524. The van der Waals surface area contributed by atoms with Crippen LogP contribution in [0.25, 0.3) is 6.08 Å². The summed E-state index contributed by atoms with van der Waals surface area (Å²) in [5.74, 6) is 0. The molecule has 84 valence electrons. The summed E-state index contributed by atoms with van der Waals surface area (Å²) in [6.45, 7) is 2.01. The van der Waals surface area contributed by atoms with Crippen molar-refractivity contribution >= 4 is 18.0 Å². The summed E-state index contributed by atoms with van der Waals surface area (Å²) < 4.78 is 0. The summed E-state index contributed by atoms with van der Waals surface area (Å²) in [7, 11) is 0. The molecule has 1 heteroatoms. The largest absolute Gasteiger partial charge is 0.256 e. The topological polar surface area (TPSA) is 12.4 Å². The second-order valence-corrected chi connectivity index (χ2v) is 3.73. The van der Waals surface area contributed by atoms with E-state index in [2.05, 4.69) is 17.1 Å². The zero-order valence-electron chi connectivity index (χ0n) is 9.88. The lowest BCUT2D eigenvalue weighted by Gasteiger charge is -1.99. The van der Waals surface area contributed by atoms with Crippen LogP contribution < -0.4 is 0 Å². The number of hydrogen-bond donors (Lipinski definition) is 0. The molecule has 0 bridgehead atoms. The first-order valence-electron chi connectivity index (χ1n) is 5.71. The highest BCUT2D eigenvalue weighted by atomic mass is 14.7. The van der Waals surface area contributed by atoms with Crippen molar-refractivity contribution in [3.63, 3.8) is 0 Å². The Labute approximate surface area is 102 Å². The zero-order valence-corrected chi connectivity index (χ0v) is 9.88. The van der Waals surface area contributed by atoms with E-state index in [-0.39, 0.29) is 0 Å². The van der Waals surface area contributed by atoms with E-state index >= 15 is 0 Å². The van der Waals surface area contributed by atoms with Crippen molar-refractivity contribution in [2.24, 2.45) is 4.99 Å². The Kier molecular flexibility index (Phi) is 3.87. The highest BCUT2D eigenvalue weighted by molar-refractivity contribution is 5.83. The maximum Gasteiger partial charge on any atom is 0.0702 e. The SMILES string of the molecule is C/C=C\c1ccccc1/N=C/c1ccccc1. The lowest BCUT2D eigenvalue weighted by Crippen LogP contribution is -1.79. The number of para-hydroxylation sites is 1. The minimum atomic E-state index is 0.995. The third kappa shape index (κ3) is 3.15. The van der Waals surface area contributed by atoms with E-state index in [1.54, 1.807) is 0 Å². The van der Waals surface area contributed by atoms with Crippen molar-refractivity contribution < 1.29 is 0 Å². The van der Waals surface area contributed by atoms with Gasteiger partial charge in [0.15, 0.2) is 0 Å². The van der Waals surface area contributed by atoms with Crippen molar-refractivity contribution in [1.29, 1.82) is 0 Å². The fourth-order valence-corrected chi connectivity index (χ4v) is 1.61. The van der Waals surface area contributed by atoms with Gasteiger partial charge in [0, 0.05) is 6.21 Å². The third-order valence-corrected chi connectivity index (χ3v) is 2.44. The first kappa shape index (κ1) is 11.3. The van der Waals surface area contributed by atoms with Gasteiger partial charge in [0.05, 0.1) is 5.69 Å². The molecule has 17 heavy (non-hydrogen) atoms. The molecule has 0 aliphatic carbocycles. The summed E-state index contributed by atoms with van der Waals surface area (Å²) in [5.41, 5.74) is 3.25. The van der Waals surface area contributed by atoms with Crippen LogP contribution in [-0.2, 0) is 0 Å². The number of rotatable bonds is 3. The molecule has 1 nitrogen and oxygen atoms in total. The summed E-state index contributed by atoms with van der Waals surface area (Å²) in [6.07, 6.45) is 5.98. The molecule has 0 unspecified atom stereocenters. The van der Waals surface area contributed by atoms with E-state index in [1.165, 1.54) is 0 Å². The molecule has 2 aromatic carbocycles. The van der Waals surface area contributed by atoms with Crippen LogP contribution in [0.15, 0.2) is 65.7 Å². The van der Waals surface area contributed by atoms with Gasteiger partial charge in [0.25, 0.3) is 0 Å². The molecule has 0 aliphatic heterocycles. The smallest absolute Gasteiger partial charge is 0.0702 e. The molecule has 0 atom stereocenters. The molecule has 0 spiro atoms. The molecule has 0 amide bonds. The highest BCUT2D eigenvalue weighted by Crippen LogP contribution is 2.19. The molecule has 0 radical (unpaired) electrons. The second kappa shape index (κ2) is 5.80. The van der Waals surface area contributed by atoms with E-state index in [4.69, 9.17) is 0 Å². The minimum absolute atomic E-state index is 0.995. The standard InChI is InChI=1S/C16H15N/c1-2-8-15-11-6-7-12-16(15)17-13-14-9-4-3-5-10-14/h2-13H,1H3/b8-2-,17-13+. The highest BCUT2D eigenvalue weighted by Gasteiger charge is 1.94. The van der Waals surface area contributed by atoms with Crippen molar-refractivity contribution in [3.8, 4) is 0 Å². The lowest BCUT2D eigenvalue weighted by molar-refractivity contribution is 1.50. The fraction of sp³-hybridized carbons (Fsp3) is 0.0625. The normalized spacial score (nSPS) is 11.4. The molecule has 0 aromatic heterocycles. The fourth-order valence-electron chi connectivity index (χ4n) is 1.61. The van der Waals surface area contributed by atoms with Crippen LogP contribution in [0.3, 0.4) is 0 Å². The van der Waals surface area contributed by atoms with Gasteiger partial charge in [-0.3, -0.25) is 4.99 Å². The summed E-state index contributed by atoms with van der Waals surface area (Å²) in [4.78, 5) is 4.52. The van der Waals surface area contributed by atoms with Crippen LogP contribution in [0.4, 0.5) is 5.69 Å². The van der Waals surface area contributed by atoms with Crippen molar-refractivity contribution in [2.45, 2.75) is 6.92 Å². The zero-order chi connectivity index (χ0) is 11.9. The summed E-state index contributed by atoms with van der Waals surface area (Å²) in [5, 5.41) is 0. The monoisotopic (exact) mass is 221 g/mol. The van der Waals surface area contributed by atoms with E-state index in [9.17, 15) is 0 Å². The van der Waals surface area contributed by atoms with Gasteiger partial charge in [-0.25, -0.2) is 0 Å². The van der Waals surface area contributed by atoms with Crippen LogP contribution in [0.2, 0.25) is 0 Å². The van der Waals surface area contributed by atoms with Gasteiger partial charge in [0.2, 0.25) is 0 Å². The third-order valence-electron chi connectivity index (χ3n) is 2.44. The van der Waals surface area contributed by atoms with Gasteiger partial charge in [-0.2, -0.15) is 0 Å². The van der Waals surface area contributed by atoms with Crippen LogP contribution in [0.5, 0.6) is 0 Å². The molecule has 0 heterocycles. The average Bonchev–Trinajstić information content (AvgIpc) is 2.39. The van der Waals surface area contributed by atoms with E-state index in [0.29, 0.717) is 0 Å². The maximum absolute atomic E-state index is 4.52. The van der Waals surface area contributed by atoms with Crippen LogP contribution in [0.1, 0.15) is 18.1 Å². The van der Waals surface area contributed by atoms with Gasteiger partial charge >= 0.3 is 0 Å². The molecular formula is C16H15N. The van der Waals surface area contributed by atoms with Crippen LogP contribution >= 0.6 is 0 Å². The molecule has 0 N–H and O–H groups in total. The molecule has 0 saturated heterocycles. The number of aliphatic imine (C=N–C) groups is 1. The Morgan fingerprint density at radius 2 is 1.59 bits per heavy atom. The maximum atomic E-state index is 4.52. The predicted octanol–water partition coefficient (Wildman–Crippen LogP) is 4.47. The number of benzene rings is 2. The van der Waals surface area contributed by atoms with E-state index < -0.39 is 0 Å². The summed E-state index contributed by atoms with van der Waals surface area (Å²) in [6, 6.07) is 18.2. The summed E-state index contributed by atoms with van der Waals surface area (Å²) >= 11 is 0. The molecule has 2 aromatic rings. The van der Waals surface area contributed by atoms with E-state index in [1.807, 2.05) is 67.7 Å². The average molecular weight is 221 g/mol. The first-order valence-corrected chi connectivity index (χ1v) is 5.71. The van der Waals surface area contributed by atoms with Gasteiger partial charge in [0.1, 0.15) is 0 Å². The molecule has 0 saturated carbocycles. The van der Waals surface area contributed by atoms with Crippen molar-refractivity contribution in [1.82, 2.24) is 0 Å². The van der Waals surface area contributed by atoms with Gasteiger partial charge in [-0.1, -0.05) is 60.7 Å². The first-order chi connectivity index (χ1) is 8.40. The van der Waals surface area contributed by atoms with Crippen LogP contribution in [-0.4, -0.2) is 6.21 Å². The Hall–Kier alpha value is -2.15. The van der Waals surface area contributed by atoms with Gasteiger partial charge in [-0.15, -0.1) is 0 Å². The quantitative estimate of drug-likeness (QED) is 0.678. The van der Waals surface area contributed by atoms with Gasteiger partial charge in [-0.05, 0) is 24.1 Å². The Balaban J connectivity index is 2.27. The Morgan fingerprint density at radius 1 is 0.882 bits per heavy atom. The van der Waals surface area contributed by atoms with Crippen molar-refractivity contribution in [3.05, 3.63) is 71.8 Å². The number of nitrogens with zero attached hydrogens (tertiary/aromatic N) is 1. The number of allylic oxidation sites excluding steroid dienone is 1. The van der Waals surface area contributed by atoms with E-state index in [0.717, 1.165) is 16.8 Å². The number of hydrogen-bond acceptors (Lipinski definition) is 1. The molecule has 2 rings (SSSR count). The molecule has 0 fully saturated rings. The molecule has 0 aliphatic rings. The van der Waals surface area contributed by atoms with Crippen LogP contribution in [0, 0.1) is 0 Å². The predicted molar refractivity (Wildman–Crippen MR) is 74.8 cm³/mol. The molecular weight excluding hydrogens is 206 g/mol. The lowest BCUT2D eigenvalue weighted by atomic mass is 10.1. The van der Waals surface area contributed by atoms with Crippen molar-refractivity contribution in [2.75, 3.05) is 0 Å².